The van der Waals surface area contributed by atoms with Crippen LogP contribution in [0.25, 0.3) is 11.3 Å². The lowest BCUT2D eigenvalue weighted by Gasteiger charge is -2.27. The van der Waals surface area contributed by atoms with Gasteiger partial charge >= 0.3 is 0 Å². The van der Waals surface area contributed by atoms with E-state index in [1.54, 1.807) is 18.6 Å². The number of amides is 1. The highest BCUT2D eigenvalue weighted by Crippen LogP contribution is 2.25. The Morgan fingerprint density at radius 3 is 2.83 bits per heavy atom. The molecule has 2 saturated heterocycles. The van der Waals surface area contributed by atoms with E-state index in [9.17, 15) is 4.79 Å². The summed E-state index contributed by atoms with van der Waals surface area (Å²) in [4.78, 5) is 27.5. The van der Waals surface area contributed by atoms with Crippen molar-refractivity contribution in [2.45, 2.75) is 25.3 Å². The smallest absolute Gasteiger partial charge is 0.225 e. The molecule has 1 amide bonds. The number of nitrogens with zero attached hydrogens (tertiary/aromatic N) is 4. The molecule has 118 valence electrons. The average Bonchev–Trinajstić information content (AvgIpc) is 2.84. The van der Waals surface area contributed by atoms with Gasteiger partial charge in [0.1, 0.15) is 0 Å². The highest BCUT2D eigenvalue weighted by Gasteiger charge is 2.33. The third-order valence-corrected chi connectivity index (χ3v) is 4.61. The zero-order valence-corrected chi connectivity index (χ0v) is 12.9. The molecular weight excluding hydrogens is 290 g/mol. The molecule has 2 bridgehead atoms. The van der Waals surface area contributed by atoms with Crippen LogP contribution in [0.5, 0.6) is 0 Å². The molecule has 0 aliphatic carbocycles. The van der Waals surface area contributed by atoms with Crippen molar-refractivity contribution in [1.29, 1.82) is 0 Å². The molecule has 0 spiro atoms. The van der Waals surface area contributed by atoms with Crippen molar-refractivity contribution in [2.24, 2.45) is 5.92 Å². The van der Waals surface area contributed by atoms with E-state index in [-0.39, 0.29) is 17.9 Å². The summed E-state index contributed by atoms with van der Waals surface area (Å²) < 4.78 is 0. The molecule has 2 atom stereocenters. The quantitative estimate of drug-likeness (QED) is 0.913. The summed E-state index contributed by atoms with van der Waals surface area (Å²) in [6.07, 6.45) is 8.39. The van der Waals surface area contributed by atoms with E-state index in [1.165, 1.54) is 0 Å². The zero-order valence-electron chi connectivity index (χ0n) is 12.9. The second-order valence-electron chi connectivity index (χ2n) is 6.22. The van der Waals surface area contributed by atoms with Gasteiger partial charge in [0, 0.05) is 43.3 Å². The van der Waals surface area contributed by atoms with Crippen molar-refractivity contribution in [1.82, 2.24) is 20.3 Å². The van der Waals surface area contributed by atoms with Crippen LogP contribution in [0.15, 0.2) is 36.8 Å². The molecule has 2 aromatic rings. The minimum absolute atomic E-state index is 0.0377. The number of carbonyl (C=O) groups is 1. The Bertz CT molecular complexity index is 705. The van der Waals surface area contributed by atoms with Crippen molar-refractivity contribution in [3.63, 3.8) is 0 Å². The standard InChI is InChI=1S/C17H19N5O/c23-16-13-2-1-3-14(20-16)11-22(10-13)17-19-9-6-15(21-17)12-4-7-18-8-5-12/h4-9,13-14H,1-3,10-11H2,(H,20,23)/t13-,14+/m1/s1. The largest absolute Gasteiger partial charge is 0.351 e. The third-order valence-electron chi connectivity index (χ3n) is 4.61. The number of pyridine rings is 1. The van der Waals surface area contributed by atoms with Crippen molar-refractivity contribution < 1.29 is 4.79 Å². The van der Waals surface area contributed by atoms with Crippen LogP contribution < -0.4 is 10.2 Å². The molecule has 23 heavy (non-hydrogen) atoms. The fourth-order valence-electron chi connectivity index (χ4n) is 3.40. The first kappa shape index (κ1) is 14.1. The van der Waals surface area contributed by atoms with Crippen molar-refractivity contribution in [3.8, 4) is 11.3 Å². The molecule has 0 unspecified atom stereocenters. The topological polar surface area (TPSA) is 71.0 Å². The number of hydrogen-bond acceptors (Lipinski definition) is 5. The summed E-state index contributed by atoms with van der Waals surface area (Å²) in [6, 6.07) is 5.98. The number of hydrogen-bond donors (Lipinski definition) is 1. The number of carbonyl (C=O) groups excluding carboxylic acids is 1. The van der Waals surface area contributed by atoms with Gasteiger partial charge in [0.05, 0.1) is 11.6 Å². The molecule has 0 radical (unpaired) electrons. The number of aromatic nitrogens is 3. The highest BCUT2D eigenvalue weighted by atomic mass is 16.2. The van der Waals surface area contributed by atoms with Crippen molar-refractivity contribution in [2.75, 3.05) is 18.0 Å². The Morgan fingerprint density at radius 2 is 1.96 bits per heavy atom. The lowest BCUT2D eigenvalue weighted by molar-refractivity contribution is -0.124. The first-order valence-electron chi connectivity index (χ1n) is 8.08. The molecule has 0 aromatic carbocycles. The first-order chi connectivity index (χ1) is 11.3. The van der Waals surface area contributed by atoms with Crippen molar-refractivity contribution in [3.05, 3.63) is 36.8 Å². The lowest BCUT2D eigenvalue weighted by Crippen LogP contribution is -2.39. The molecule has 2 fully saturated rings. The van der Waals surface area contributed by atoms with E-state index in [4.69, 9.17) is 4.98 Å². The average molecular weight is 309 g/mol. The minimum atomic E-state index is 0.0377. The van der Waals surface area contributed by atoms with Gasteiger partial charge in [0.15, 0.2) is 0 Å². The van der Waals surface area contributed by atoms with Crippen LogP contribution in [0.3, 0.4) is 0 Å². The van der Waals surface area contributed by atoms with Gasteiger partial charge in [-0.05, 0) is 31.0 Å². The van der Waals surface area contributed by atoms with Crippen LogP contribution in [0, 0.1) is 5.92 Å². The third kappa shape index (κ3) is 2.88. The fourth-order valence-corrected chi connectivity index (χ4v) is 3.40. The molecule has 2 aliphatic rings. The maximum atomic E-state index is 12.2. The van der Waals surface area contributed by atoms with E-state index in [0.29, 0.717) is 12.5 Å². The number of nitrogens with one attached hydrogen (secondary N) is 1. The summed E-state index contributed by atoms with van der Waals surface area (Å²) in [5, 5.41) is 3.14. The van der Waals surface area contributed by atoms with Gasteiger partial charge in [-0.25, -0.2) is 9.97 Å². The fraction of sp³-hybridized carbons (Fsp3) is 0.412. The van der Waals surface area contributed by atoms with Gasteiger partial charge in [0.2, 0.25) is 11.9 Å². The van der Waals surface area contributed by atoms with Crippen molar-refractivity contribution >= 4 is 11.9 Å². The molecule has 1 N–H and O–H groups in total. The molecular formula is C17H19N5O. The normalized spacial score (nSPS) is 24.0. The zero-order chi connectivity index (χ0) is 15.6. The Kier molecular flexibility index (Phi) is 3.65. The second-order valence-corrected chi connectivity index (χ2v) is 6.22. The Hall–Kier alpha value is -2.50. The summed E-state index contributed by atoms with van der Waals surface area (Å²) in [7, 11) is 0. The lowest BCUT2D eigenvalue weighted by atomic mass is 9.99. The van der Waals surface area contributed by atoms with Crippen LogP contribution in [0.2, 0.25) is 0 Å². The van der Waals surface area contributed by atoms with Gasteiger partial charge in [-0.2, -0.15) is 0 Å². The number of rotatable bonds is 2. The molecule has 4 rings (SSSR count). The van der Waals surface area contributed by atoms with E-state index >= 15 is 0 Å². The maximum absolute atomic E-state index is 12.2. The molecule has 6 heteroatoms. The highest BCUT2D eigenvalue weighted by molar-refractivity contribution is 5.80. The molecule has 6 nitrogen and oxygen atoms in total. The van der Waals surface area contributed by atoms with Gasteiger partial charge in [-0.15, -0.1) is 0 Å². The first-order valence-corrected chi connectivity index (χ1v) is 8.08. The van der Waals surface area contributed by atoms with Crippen LogP contribution in [-0.2, 0) is 4.79 Å². The molecule has 2 aliphatic heterocycles. The summed E-state index contributed by atoms with van der Waals surface area (Å²) >= 11 is 0. The Balaban J connectivity index is 1.64. The van der Waals surface area contributed by atoms with Crippen LogP contribution in [0.4, 0.5) is 5.95 Å². The predicted molar refractivity (Wildman–Crippen MR) is 86.7 cm³/mol. The number of fused-ring (bicyclic) bond motifs is 3. The Morgan fingerprint density at radius 1 is 1.09 bits per heavy atom. The minimum Gasteiger partial charge on any atom is -0.351 e. The molecule has 2 aromatic heterocycles. The maximum Gasteiger partial charge on any atom is 0.225 e. The summed E-state index contributed by atoms with van der Waals surface area (Å²) in [5.74, 6) is 0.920. The van der Waals surface area contributed by atoms with Gasteiger partial charge in [-0.3, -0.25) is 9.78 Å². The van der Waals surface area contributed by atoms with Crippen LogP contribution in [0.1, 0.15) is 19.3 Å². The SMILES string of the molecule is O=C1N[C@H]2CCC[C@@H]1CN(c1nccc(-c3ccncc3)n1)C2. The van der Waals surface area contributed by atoms with Crippen LogP contribution in [-0.4, -0.2) is 40.0 Å². The van der Waals surface area contributed by atoms with E-state index in [0.717, 1.165) is 37.1 Å². The van der Waals surface area contributed by atoms with Gasteiger partial charge in [0.25, 0.3) is 0 Å². The monoisotopic (exact) mass is 309 g/mol. The Labute approximate surface area is 135 Å². The summed E-state index contributed by atoms with van der Waals surface area (Å²) in [5.41, 5.74) is 1.90. The summed E-state index contributed by atoms with van der Waals surface area (Å²) in [6.45, 7) is 1.48. The van der Waals surface area contributed by atoms with E-state index in [2.05, 4.69) is 20.2 Å². The second kappa shape index (κ2) is 5.95. The molecule has 0 saturated carbocycles. The van der Waals surface area contributed by atoms with Gasteiger partial charge in [-0.1, -0.05) is 6.42 Å². The molecule has 4 heterocycles. The number of anilines is 1. The van der Waals surface area contributed by atoms with E-state index < -0.39 is 0 Å². The van der Waals surface area contributed by atoms with Gasteiger partial charge < -0.3 is 10.2 Å². The van der Waals surface area contributed by atoms with E-state index in [1.807, 2.05) is 18.2 Å². The van der Waals surface area contributed by atoms with Crippen LogP contribution >= 0.6 is 0 Å². The predicted octanol–water partition coefficient (Wildman–Crippen LogP) is 1.64.